The van der Waals surface area contributed by atoms with Gasteiger partial charge in [-0.2, -0.15) is 0 Å². The molecule has 0 radical (unpaired) electrons. The van der Waals surface area contributed by atoms with Crippen LogP contribution in [0.5, 0.6) is 0 Å². The van der Waals surface area contributed by atoms with Gasteiger partial charge in [0, 0.05) is 51.4 Å². The lowest BCUT2D eigenvalue weighted by atomic mass is 10.3. The molecule has 6 heteroatoms. The van der Waals surface area contributed by atoms with Crippen LogP contribution in [0.25, 0.3) is 0 Å². The largest absolute Gasteiger partial charge is 0.340 e. The van der Waals surface area contributed by atoms with Gasteiger partial charge in [-0.1, -0.05) is 0 Å². The zero-order valence-corrected chi connectivity index (χ0v) is 10.6. The van der Waals surface area contributed by atoms with Crippen LogP contribution in [-0.2, 0) is 11.3 Å². The van der Waals surface area contributed by atoms with Gasteiger partial charge in [-0.3, -0.25) is 14.2 Å². The van der Waals surface area contributed by atoms with Gasteiger partial charge in [-0.15, -0.1) is 0 Å². The Morgan fingerprint density at radius 3 is 2.72 bits per heavy atom. The van der Waals surface area contributed by atoms with Crippen molar-refractivity contribution in [3.63, 3.8) is 0 Å². The summed E-state index contributed by atoms with van der Waals surface area (Å²) in [4.78, 5) is 31.3. The van der Waals surface area contributed by atoms with Gasteiger partial charge in [0.2, 0.25) is 5.91 Å². The predicted octanol–water partition coefficient (Wildman–Crippen LogP) is -0.593. The van der Waals surface area contributed by atoms with Crippen LogP contribution < -0.4 is 5.56 Å². The number of aromatic nitrogens is 2. The summed E-state index contributed by atoms with van der Waals surface area (Å²) < 4.78 is 1.47. The fourth-order valence-corrected chi connectivity index (χ4v) is 1.98. The highest BCUT2D eigenvalue weighted by molar-refractivity contribution is 5.76. The zero-order valence-electron chi connectivity index (χ0n) is 10.6. The molecule has 6 nitrogen and oxygen atoms in total. The minimum Gasteiger partial charge on any atom is -0.340 e. The number of amides is 1. The van der Waals surface area contributed by atoms with Gasteiger partial charge in [0.25, 0.3) is 5.56 Å². The number of carbonyl (C=O) groups is 1. The quantitative estimate of drug-likeness (QED) is 0.719. The van der Waals surface area contributed by atoms with Crippen molar-refractivity contribution in [2.45, 2.75) is 13.0 Å². The molecule has 0 bridgehead atoms. The molecular weight excluding hydrogens is 232 g/mol. The molecule has 0 aliphatic carbocycles. The highest BCUT2D eigenvalue weighted by atomic mass is 16.2. The zero-order chi connectivity index (χ0) is 13.0. The molecule has 18 heavy (non-hydrogen) atoms. The molecule has 0 N–H and O–H groups in total. The first-order chi connectivity index (χ1) is 8.66. The third kappa shape index (κ3) is 3.16. The summed E-state index contributed by atoms with van der Waals surface area (Å²) in [5.74, 6) is 0.110. The Hall–Kier alpha value is -1.69. The van der Waals surface area contributed by atoms with E-state index in [2.05, 4.69) is 16.9 Å². The molecule has 1 fully saturated rings. The highest BCUT2D eigenvalue weighted by Gasteiger charge is 2.18. The number of hydrogen-bond donors (Lipinski definition) is 0. The lowest BCUT2D eigenvalue weighted by Gasteiger charge is -2.32. The summed E-state index contributed by atoms with van der Waals surface area (Å²) in [6.45, 7) is 3.78. The average molecular weight is 250 g/mol. The fourth-order valence-electron chi connectivity index (χ4n) is 1.98. The van der Waals surface area contributed by atoms with Crippen LogP contribution in [-0.4, -0.2) is 58.5 Å². The van der Waals surface area contributed by atoms with E-state index in [1.54, 1.807) is 0 Å². The van der Waals surface area contributed by atoms with Crippen molar-refractivity contribution in [1.82, 2.24) is 19.4 Å². The van der Waals surface area contributed by atoms with Crippen molar-refractivity contribution in [3.05, 3.63) is 28.9 Å². The van der Waals surface area contributed by atoms with Gasteiger partial charge >= 0.3 is 0 Å². The van der Waals surface area contributed by atoms with Crippen molar-refractivity contribution in [2.24, 2.45) is 0 Å². The molecule has 1 saturated heterocycles. The van der Waals surface area contributed by atoms with Crippen LogP contribution in [0.4, 0.5) is 0 Å². The molecule has 1 aliphatic rings. The van der Waals surface area contributed by atoms with Gasteiger partial charge in [0.05, 0.1) is 6.33 Å². The third-order valence-electron chi connectivity index (χ3n) is 3.21. The second-order valence-corrected chi connectivity index (χ2v) is 4.55. The number of piperazine rings is 1. The van der Waals surface area contributed by atoms with Gasteiger partial charge in [0.15, 0.2) is 0 Å². The van der Waals surface area contributed by atoms with E-state index in [1.165, 1.54) is 23.2 Å². The lowest BCUT2D eigenvalue weighted by molar-refractivity contribution is -0.133. The normalized spacial score (nSPS) is 16.8. The first-order valence-corrected chi connectivity index (χ1v) is 6.13. The van der Waals surface area contributed by atoms with Crippen molar-refractivity contribution in [1.29, 1.82) is 0 Å². The number of likely N-dealkylation sites (N-methyl/N-ethyl adjacent to an activating group) is 1. The molecule has 2 rings (SSSR count). The molecular formula is C12H18N4O2. The fraction of sp³-hybridized carbons (Fsp3) is 0.583. The first-order valence-electron chi connectivity index (χ1n) is 6.13. The second-order valence-electron chi connectivity index (χ2n) is 4.55. The summed E-state index contributed by atoms with van der Waals surface area (Å²) >= 11 is 0. The van der Waals surface area contributed by atoms with Crippen LogP contribution in [0, 0.1) is 0 Å². The van der Waals surface area contributed by atoms with Crippen LogP contribution in [0.15, 0.2) is 23.4 Å². The van der Waals surface area contributed by atoms with Crippen molar-refractivity contribution >= 4 is 5.91 Å². The SMILES string of the molecule is CN1CCN(C(=O)CCn2cnccc2=O)CC1. The van der Waals surface area contributed by atoms with E-state index >= 15 is 0 Å². The minimum absolute atomic E-state index is 0.110. The van der Waals surface area contributed by atoms with Crippen molar-refractivity contribution in [3.8, 4) is 0 Å². The predicted molar refractivity (Wildman–Crippen MR) is 67.2 cm³/mol. The molecule has 0 aromatic carbocycles. The van der Waals surface area contributed by atoms with Crippen LogP contribution in [0.3, 0.4) is 0 Å². The van der Waals surface area contributed by atoms with Crippen LogP contribution in [0.1, 0.15) is 6.42 Å². The topological polar surface area (TPSA) is 58.4 Å². The van der Waals surface area contributed by atoms with E-state index in [4.69, 9.17) is 0 Å². The summed E-state index contributed by atoms with van der Waals surface area (Å²) in [6, 6.07) is 1.40. The van der Waals surface area contributed by atoms with E-state index < -0.39 is 0 Å². The van der Waals surface area contributed by atoms with E-state index in [0.717, 1.165) is 26.2 Å². The Morgan fingerprint density at radius 2 is 2.06 bits per heavy atom. The van der Waals surface area contributed by atoms with Gasteiger partial charge in [0.1, 0.15) is 0 Å². The Kier molecular flexibility index (Phi) is 4.09. The molecule has 0 spiro atoms. The Bertz CT molecular complexity index is 463. The molecule has 1 amide bonds. The standard InChI is InChI=1S/C12H18N4O2/c1-14-6-8-15(9-7-14)12(18)3-5-16-10-13-4-2-11(16)17/h2,4,10H,3,5-9H2,1H3. The van der Waals surface area contributed by atoms with Gasteiger partial charge in [-0.05, 0) is 7.05 Å². The van der Waals surface area contributed by atoms with Gasteiger partial charge in [-0.25, -0.2) is 4.98 Å². The average Bonchev–Trinajstić information content (AvgIpc) is 2.38. The van der Waals surface area contributed by atoms with Crippen molar-refractivity contribution in [2.75, 3.05) is 33.2 Å². The third-order valence-corrected chi connectivity index (χ3v) is 3.21. The van der Waals surface area contributed by atoms with Crippen LogP contribution >= 0.6 is 0 Å². The number of rotatable bonds is 3. The Balaban J connectivity index is 1.85. The smallest absolute Gasteiger partial charge is 0.253 e. The number of nitrogens with zero attached hydrogens (tertiary/aromatic N) is 4. The molecule has 98 valence electrons. The summed E-state index contributed by atoms with van der Waals surface area (Å²) in [6.07, 6.45) is 3.29. The number of carbonyl (C=O) groups excluding carboxylic acids is 1. The summed E-state index contributed by atoms with van der Waals surface area (Å²) in [7, 11) is 2.05. The van der Waals surface area contributed by atoms with E-state index in [0.29, 0.717) is 13.0 Å². The minimum atomic E-state index is -0.115. The molecule has 0 saturated carbocycles. The molecule has 0 atom stereocenters. The van der Waals surface area contributed by atoms with Crippen LogP contribution in [0.2, 0.25) is 0 Å². The molecule has 1 aliphatic heterocycles. The maximum absolute atomic E-state index is 12.0. The maximum atomic E-state index is 12.0. The van der Waals surface area contributed by atoms with Crippen molar-refractivity contribution < 1.29 is 4.79 Å². The van der Waals surface area contributed by atoms with E-state index in [-0.39, 0.29) is 11.5 Å². The molecule has 0 unspecified atom stereocenters. The second kappa shape index (κ2) is 5.77. The lowest BCUT2D eigenvalue weighted by Crippen LogP contribution is -2.47. The summed E-state index contributed by atoms with van der Waals surface area (Å²) in [5, 5.41) is 0. The molecule has 1 aromatic heterocycles. The van der Waals surface area contributed by atoms with E-state index in [9.17, 15) is 9.59 Å². The molecule has 2 heterocycles. The number of aryl methyl sites for hydroxylation is 1. The Labute approximate surface area is 106 Å². The highest BCUT2D eigenvalue weighted by Crippen LogP contribution is 2.02. The van der Waals surface area contributed by atoms with Gasteiger partial charge < -0.3 is 9.80 Å². The van der Waals surface area contributed by atoms with E-state index in [1.807, 2.05) is 4.90 Å². The summed E-state index contributed by atoms with van der Waals surface area (Å²) in [5.41, 5.74) is -0.115. The monoisotopic (exact) mass is 250 g/mol. The maximum Gasteiger partial charge on any atom is 0.253 e. The first kappa shape index (κ1) is 12.8. The number of hydrogen-bond acceptors (Lipinski definition) is 4. The molecule has 1 aromatic rings. The Morgan fingerprint density at radius 1 is 1.33 bits per heavy atom.